The minimum absolute atomic E-state index is 0.0959. The molecule has 1 aromatic heterocycles. The highest BCUT2D eigenvalue weighted by atomic mass is 35.5. The molecule has 0 unspecified atom stereocenters. The van der Waals surface area contributed by atoms with Crippen LogP contribution in [0.3, 0.4) is 0 Å². The highest BCUT2D eigenvalue weighted by molar-refractivity contribution is 7.90. The maximum Gasteiger partial charge on any atom is 0.349 e. The summed E-state index contributed by atoms with van der Waals surface area (Å²) in [6, 6.07) is 5.53. The first-order valence-corrected chi connectivity index (χ1v) is 7.68. The van der Waals surface area contributed by atoms with E-state index in [9.17, 15) is 18.0 Å². The molecule has 0 amide bonds. The molecular weight excluding hydrogens is 320 g/mol. The Kier molecular flexibility index (Phi) is 4.19. The molecule has 2 rings (SSSR count). The molecule has 0 aliphatic heterocycles. The lowest BCUT2D eigenvalue weighted by Gasteiger charge is -2.05. The fraction of sp³-hybridized carbons (Fsp3) is 0.167. The Bertz CT molecular complexity index is 820. The van der Waals surface area contributed by atoms with Gasteiger partial charge >= 0.3 is 5.69 Å². The molecule has 1 heterocycles. The van der Waals surface area contributed by atoms with Crippen LogP contribution in [0.2, 0.25) is 0 Å². The van der Waals surface area contributed by atoms with Crippen LogP contribution in [0.25, 0.3) is 0 Å². The van der Waals surface area contributed by atoms with Crippen LogP contribution in [-0.4, -0.2) is 35.9 Å². The molecule has 2 aromatic rings. The number of benzene rings is 1. The van der Waals surface area contributed by atoms with Crippen molar-refractivity contribution in [1.29, 1.82) is 0 Å². The van der Waals surface area contributed by atoms with Crippen LogP contribution >= 0.6 is 11.6 Å². The SMILES string of the molecule is COc1ccc(S(=O)(=O)n2ccn(C(=O)CCl)c2=O)cc1. The lowest BCUT2D eigenvalue weighted by atomic mass is 10.3. The van der Waals surface area contributed by atoms with Gasteiger partial charge in [0, 0.05) is 12.4 Å². The van der Waals surface area contributed by atoms with Crippen LogP contribution in [0.1, 0.15) is 4.79 Å². The number of methoxy groups -OCH3 is 1. The van der Waals surface area contributed by atoms with Crippen molar-refractivity contribution in [3.05, 3.63) is 47.1 Å². The minimum Gasteiger partial charge on any atom is -0.497 e. The summed E-state index contributed by atoms with van der Waals surface area (Å²) in [6.07, 6.45) is 2.07. The molecule has 21 heavy (non-hydrogen) atoms. The Morgan fingerprint density at radius 1 is 1.24 bits per heavy atom. The number of rotatable bonds is 4. The highest BCUT2D eigenvalue weighted by Crippen LogP contribution is 2.17. The van der Waals surface area contributed by atoms with E-state index in [2.05, 4.69) is 0 Å². The van der Waals surface area contributed by atoms with E-state index >= 15 is 0 Å². The molecule has 0 saturated carbocycles. The molecule has 0 N–H and O–H groups in total. The zero-order chi connectivity index (χ0) is 15.6. The van der Waals surface area contributed by atoms with E-state index in [0.717, 1.165) is 12.4 Å². The molecule has 112 valence electrons. The highest BCUT2D eigenvalue weighted by Gasteiger charge is 2.22. The van der Waals surface area contributed by atoms with Crippen molar-refractivity contribution >= 4 is 27.5 Å². The second-order valence-corrected chi connectivity index (χ2v) is 6.04. The van der Waals surface area contributed by atoms with Crippen molar-refractivity contribution in [3.63, 3.8) is 0 Å². The summed E-state index contributed by atoms with van der Waals surface area (Å²) in [5.41, 5.74) is -0.989. The Balaban J connectivity index is 2.51. The van der Waals surface area contributed by atoms with Crippen molar-refractivity contribution < 1.29 is 17.9 Å². The lowest BCUT2D eigenvalue weighted by molar-refractivity contribution is 0.0936. The number of halogens is 1. The fourth-order valence-corrected chi connectivity index (χ4v) is 3.00. The second-order valence-electron chi connectivity index (χ2n) is 3.95. The van der Waals surface area contributed by atoms with E-state index < -0.39 is 27.5 Å². The van der Waals surface area contributed by atoms with E-state index in [0.29, 0.717) is 14.3 Å². The van der Waals surface area contributed by atoms with E-state index in [1.54, 1.807) is 0 Å². The maximum absolute atomic E-state index is 12.3. The Labute approximate surface area is 125 Å². The van der Waals surface area contributed by atoms with Gasteiger partial charge in [0.2, 0.25) is 5.91 Å². The van der Waals surface area contributed by atoms with Gasteiger partial charge in [0.05, 0.1) is 12.0 Å². The number of hydrogen-bond acceptors (Lipinski definition) is 5. The van der Waals surface area contributed by atoms with Gasteiger partial charge in [0.25, 0.3) is 10.0 Å². The number of carbonyl (C=O) groups excluding carboxylic acids is 1. The quantitative estimate of drug-likeness (QED) is 0.773. The molecule has 0 spiro atoms. The third-order valence-corrected chi connectivity index (χ3v) is 4.64. The van der Waals surface area contributed by atoms with Gasteiger partial charge in [-0.2, -0.15) is 3.97 Å². The standard InChI is InChI=1S/C12H11ClN2O5S/c1-20-9-2-4-10(5-3-9)21(18,19)15-7-6-14(12(15)17)11(16)8-13/h2-7H,8H2,1H3. The van der Waals surface area contributed by atoms with Crippen molar-refractivity contribution in [2.75, 3.05) is 13.0 Å². The molecule has 7 nitrogen and oxygen atoms in total. The Morgan fingerprint density at radius 3 is 2.38 bits per heavy atom. The summed E-state index contributed by atoms with van der Waals surface area (Å²) in [5, 5.41) is 0. The summed E-state index contributed by atoms with van der Waals surface area (Å²) < 4.78 is 30.8. The van der Waals surface area contributed by atoms with Crippen molar-refractivity contribution in [2.24, 2.45) is 0 Å². The molecule has 0 radical (unpaired) electrons. The van der Waals surface area contributed by atoms with Crippen molar-refractivity contribution in [1.82, 2.24) is 8.54 Å². The molecule has 9 heteroatoms. The third-order valence-electron chi connectivity index (χ3n) is 2.74. The first kappa shape index (κ1) is 15.3. The summed E-state index contributed by atoms with van der Waals surface area (Å²) >= 11 is 5.35. The van der Waals surface area contributed by atoms with Gasteiger partial charge in [-0.15, -0.1) is 11.6 Å². The largest absolute Gasteiger partial charge is 0.497 e. The molecule has 0 saturated heterocycles. The number of alkyl halides is 1. The molecule has 0 bridgehead atoms. The zero-order valence-electron chi connectivity index (χ0n) is 10.9. The van der Waals surface area contributed by atoms with Gasteiger partial charge in [-0.05, 0) is 24.3 Å². The predicted molar refractivity (Wildman–Crippen MR) is 75.6 cm³/mol. The monoisotopic (exact) mass is 330 g/mol. The van der Waals surface area contributed by atoms with Crippen LogP contribution in [-0.2, 0) is 10.0 Å². The number of hydrogen-bond donors (Lipinski definition) is 0. The summed E-state index contributed by atoms with van der Waals surface area (Å²) in [6.45, 7) is 0. The van der Waals surface area contributed by atoms with Crippen LogP contribution in [0, 0.1) is 0 Å². The van der Waals surface area contributed by atoms with E-state index in [-0.39, 0.29) is 4.90 Å². The first-order valence-electron chi connectivity index (χ1n) is 5.70. The van der Waals surface area contributed by atoms with Crippen LogP contribution < -0.4 is 10.4 Å². The average Bonchev–Trinajstić information content (AvgIpc) is 2.89. The molecule has 0 aliphatic rings. The second kappa shape index (κ2) is 5.74. The number of carbonyl (C=O) groups is 1. The predicted octanol–water partition coefficient (Wildman–Crippen LogP) is 0.774. The molecule has 0 aliphatic carbocycles. The van der Waals surface area contributed by atoms with Crippen LogP contribution in [0.15, 0.2) is 46.3 Å². The van der Waals surface area contributed by atoms with E-state index in [1.807, 2.05) is 0 Å². The Morgan fingerprint density at radius 2 is 1.86 bits per heavy atom. The maximum atomic E-state index is 12.3. The average molecular weight is 331 g/mol. The minimum atomic E-state index is -4.08. The number of imidazole rings is 1. The number of nitrogens with zero attached hydrogens (tertiary/aromatic N) is 2. The van der Waals surface area contributed by atoms with Gasteiger partial charge in [-0.3, -0.25) is 4.79 Å². The Hall–Kier alpha value is -2.06. The third kappa shape index (κ3) is 2.72. The summed E-state index contributed by atoms with van der Waals surface area (Å²) in [5.74, 6) is -0.645. The normalized spacial score (nSPS) is 11.3. The number of ether oxygens (including phenoxy) is 1. The fourth-order valence-electron chi connectivity index (χ4n) is 1.66. The van der Waals surface area contributed by atoms with Crippen molar-refractivity contribution in [3.8, 4) is 5.75 Å². The first-order chi connectivity index (χ1) is 9.91. The van der Waals surface area contributed by atoms with Crippen molar-refractivity contribution in [2.45, 2.75) is 4.90 Å². The lowest BCUT2D eigenvalue weighted by Crippen LogP contribution is -2.32. The van der Waals surface area contributed by atoms with Crippen LogP contribution in [0.5, 0.6) is 5.75 Å². The van der Waals surface area contributed by atoms with Gasteiger partial charge in [0.1, 0.15) is 11.6 Å². The van der Waals surface area contributed by atoms with Gasteiger partial charge in [-0.25, -0.2) is 17.8 Å². The van der Waals surface area contributed by atoms with E-state index in [1.165, 1.54) is 31.4 Å². The molecule has 0 atom stereocenters. The van der Waals surface area contributed by atoms with Crippen LogP contribution in [0.4, 0.5) is 0 Å². The van der Waals surface area contributed by atoms with E-state index in [4.69, 9.17) is 16.3 Å². The smallest absolute Gasteiger partial charge is 0.349 e. The van der Waals surface area contributed by atoms with Gasteiger partial charge < -0.3 is 4.74 Å². The van der Waals surface area contributed by atoms with Gasteiger partial charge in [-0.1, -0.05) is 0 Å². The zero-order valence-corrected chi connectivity index (χ0v) is 12.5. The topological polar surface area (TPSA) is 87.4 Å². The molecular formula is C12H11ClN2O5S. The van der Waals surface area contributed by atoms with Gasteiger partial charge in [0.15, 0.2) is 0 Å². The number of aromatic nitrogens is 2. The molecule has 1 aromatic carbocycles. The summed E-state index contributed by atoms with van der Waals surface area (Å²) in [7, 11) is -2.63. The molecule has 0 fully saturated rings. The summed E-state index contributed by atoms with van der Waals surface area (Å²) in [4.78, 5) is 23.3.